The highest BCUT2D eigenvalue weighted by atomic mass is 14.0. The number of rotatable bonds is 8. The highest BCUT2D eigenvalue weighted by Crippen LogP contribution is 2.11. The summed E-state index contributed by atoms with van der Waals surface area (Å²) in [5.74, 6) is 0. The van der Waals surface area contributed by atoms with E-state index < -0.39 is 0 Å². The maximum Gasteiger partial charge on any atom is -0.0285 e. The van der Waals surface area contributed by atoms with Gasteiger partial charge in [0, 0.05) is 0 Å². The fourth-order valence-corrected chi connectivity index (χ4v) is 1.78. The van der Waals surface area contributed by atoms with Crippen molar-refractivity contribution in [3.8, 4) is 0 Å². The van der Waals surface area contributed by atoms with Crippen molar-refractivity contribution >= 4 is 0 Å². The quantitative estimate of drug-likeness (QED) is 0.332. The standard InChI is InChI=1S/C20H32/c1-7-18(4)12-9-14-20(6)16-10-15-19(5)13-8-11-17(2)3/h7,9,11-12,14-15H,8,10,13,16H2,1-6H3/b12-9+,18-7+,19-15+,20-14+. The van der Waals surface area contributed by atoms with E-state index in [9.17, 15) is 0 Å². The second-order valence-electron chi connectivity index (χ2n) is 5.81. The molecule has 0 amide bonds. The van der Waals surface area contributed by atoms with Crippen LogP contribution < -0.4 is 0 Å². The van der Waals surface area contributed by atoms with Crippen molar-refractivity contribution in [2.24, 2.45) is 0 Å². The van der Waals surface area contributed by atoms with E-state index in [1.807, 2.05) is 0 Å². The van der Waals surface area contributed by atoms with Crippen molar-refractivity contribution < 1.29 is 0 Å². The van der Waals surface area contributed by atoms with Gasteiger partial charge < -0.3 is 0 Å². The molecule has 0 aliphatic rings. The van der Waals surface area contributed by atoms with Gasteiger partial charge in [0.1, 0.15) is 0 Å². The fourth-order valence-electron chi connectivity index (χ4n) is 1.78. The average Bonchev–Trinajstić information content (AvgIpc) is 2.38. The van der Waals surface area contributed by atoms with Gasteiger partial charge in [-0.25, -0.2) is 0 Å². The van der Waals surface area contributed by atoms with Gasteiger partial charge >= 0.3 is 0 Å². The second-order valence-corrected chi connectivity index (χ2v) is 5.81. The third kappa shape index (κ3) is 11.8. The van der Waals surface area contributed by atoms with Crippen LogP contribution in [0.5, 0.6) is 0 Å². The zero-order valence-electron chi connectivity index (χ0n) is 14.3. The minimum Gasteiger partial charge on any atom is -0.0856 e. The summed E-state index contributed by atoms with van der Waals surface area (Å²) in [6.45, 7) is 13.0. The van der Waals surface area contributed by atoms with E-state index >= 15 is 0 Å². The Kier molecular flexibility index (Phi) is 10.8. The molecule has 0 aromatic rings. The van der Waals surface area contributed by atoms with E-state index in [2.05, 4.69) is 78.0 Å². The lowest BCUT2D eigenvalue weighted by molar-refractivity contribution is 0.918. The van der Waals surface area contributed by atoms with Gasteiger partial charge in [0.15, 0.2) is 0 Å². The van der Waals surface area contributed by atoms with Crippen molar-refractivity contribution in [2.75, 3.05) is 0 Å². The maximum atomic E-state index is 2.39. The number of hydrogen-bond donors (Lipinski definition) is 0. The Balaban J connectivity index is 4.06. The molecule has 0 unspecified atom stereocenters. The summed E-state index contributed by atoms with van der Waals surface area (Å²) in [4.78, 5) is 0. The topological polar surface area (TPSA) is 0 Å². The van der Waals surface area contributed by atoms with Crippen LogP contribution in [0.1, 0.15) is 67.2 Å². The Morgan fingerprint density at radius 2 is 1.40 bits per heavy atom. The van der Waals surface area contributed by atoms with E-state index in [1.54, 1.807) is 0 Å². The zero-order valence-corrected chi connectivity index (χ0v) is 14.3. The van der Waals surface area contributed by atoms with Gasteiger partial charge in [-0.2, -0.15) is 0 Å². The molecule has 0 rings (SSSR count). The number of allylic oxidation sites excluding steroid dienone is 10. The molecular weight excluding hydrogens is 240 g/mol. The first-order chi connectivity index (χ1) is 9.45. The summed E-state index contributed by atoms with van der Waals surface area (Å²) in [5.41, 5.74) is 5.68. The lowest BCUT2D eigenvalue weighted by Gasteiger charge is -2.00. The van der Waals surface area contributed by atoms with Gasteiger partial charge in [0.25, 0.3) is 0 Å². The Hall–Kier alpha value is -1.30. The van der Waals surface area contributed by atoms with E-state index in [-0.39, 0.29) is 0 Å². The lowest BCUT2D eigenvalue weighted by Crippen LogP contribution is -1.80. The zero-order chi connectivity index (χ0) is 15.4. The van der Waals surface area contributed by atoms with Gasteiger partial charge in [-0.15, -0.1) is 0 Å². The molecule has 0 aromatic heterocycles. The molecule has 112 valence electrons. The summed E-state index contributed by atoms with van der Waals surface area (Å²) < 4.78 is 0. The average molecular weight is 272 g/mol. The van der Waals surface area contributed by atoms with Gasteiger partial charge in [-0.1, -0.05) is 58.7 Å². The molecule has 0 saturated carbocycles. The van der Waals surface area contributed by atoms with Crippen LogP contribution in [-0.4, -0.2) is 0 Å². The number of hydrogen-bond acceptors (Lipinski definition) is 0. The van der Waals surface area contributed by atoms with Gasteiger partial charge in [0.05, 0.1) is 0 Å². The predicted molar refractivity (Wildman–Crippen MR) is 94.0 cm³/mol. The molecule has 0 heterocycles. The summed E-state index contributed by atoms with van der Waals surface area (Å²) in [6, 6.07) is 0. The summed E-state index contributed by atoms with van der Waals surface area (Å²) in [7, 11) is 0. The van der Waals surface area contributed by atoms with Crippen LogP contribution in [0.25, 0.3) is 0 Å². The normalized spacial score (nSPS) is 14.0. The molecule has 0 bridgehead atoms. The maximum absolute atomic E-state index is 2.39. The van der Waals surface area contributed by atoms with Crippen molar-refractivity contribution in [2.45, 2.75) is 67.2 Å². The Morgan fingerprint density at radius 1 is 0.800 bits per heavy atom. The van der Waals surface area contributed by atoms with Crippen LogP contribution in [0.2, 0.25) is 0 Å². The van der Waals surface area contributed by atoms with Gasteiger partial charge in [0.2, 0.25) is 0 Å². The summed E-state index contributed by atoms with van der Waals surface area (Å²) >= 11 is 0. The van der Waals surface area contributed by atoms with E-state index in [1.165, 1.54) is 35.1 Å². The molecule has 0 aliphatic heterocycles. The molecule has 0 atom stereocenters. The highest BCUT2D eigenvalue weighted by Gasteiger charge is 1.91. The van der Waals surface area contributed by atoms with Crippen molar-refractivity contribution in [3.63, 3.8) is 0 Å². The molecule has 0 aliphatic carbocycles. The molecular formula is C20H32. The largest absolute Gasteiger partial charge is 0.0856 e. The summed E-state index contributed by atoms with van der Waals surface area (Å²) in [6.07, 6.45) is 18.0. The molecule has 20 heavy (non-hydrogen) atoms. The molecule has 0 aromatic carbocycles. The van der Waals surface area contributed by atoms with E-state index in [0.717, 1.165) is 12.8 Å². The third-order valence-corrected chi connectivity index (χ3v) is 3.32. The van der Waals surface area contributed by atoms with Crippen molar-refractivity contribution in [3.05, 3.63) is 58.7 Å². The fraction of sp³-hybridized carbons (Fsp3) is 0.500. The summed E-state index contributed by atoms with van der Waals surface area (Å²) in [5, 5.41) is 0. The lowest BCUT2D eigenvalue weighted by atomic mass is 10.1. The molecule has 0 N–H and O–H groups in total. The van der Waals surface area contributed by atoms with Crippen LogP contribution in [0, 0.1) is 0 Å². The first-order valence-corrected chi connectivity index (χ1v) is 7.71. The smallest absolute Gasteiger partial charge is 0.0285 e. The van der Waals surface area contributed by atoms with E-state index in [4.69, 9.17) is 0 Å². The minimum atomic E-state index is 1.15. The van der Waals surface area contributed by atoms with Crippen LogP contribution in [0.15, 0.2) is 58.7 Å². The SMILES string of the molecule is C/C=C(C)/C=C/C=C(\C)CC/C=C(\C)CCC=C(C)C. The van der Waals surface area contributed by atoms with Gasteiger partial charge in [-0.05, 0) is 67.2 Å². The van der Waals surface area contributed by atoms with Gasteiger partial charge in [-0.3, -0.25) is 0 Å². The Morgan fingerprint density at radius 3 is 2.00 bits per heavy atom. The van der Waals surface area contributed by atoms with E-state index in [0.29, 0.717) is 0 Å². The first kappa shape index (κ1) is 18.7. The molecule has 0 radical (unpaired) electrons. The van der Waals surface area contributed by atoms with Crippen LogP contribution >= 0.6 is 0 Å². The molecule has 0 heteroatoms. The third-order valence-electron chi connectivity index (χ3n) is 3.32. The predicted octanol–water partition coefficient (Wildman–Crippen LogP) is 6.93. The van der Waals surface area contributed by atoms with Crippen LogP contribution in [0.3, 0.4) is 0 Å². The molecule has 0 nitrogen and oxygen atoms in total. The van der Waals surface area contributed by atoms with Crippen molar-refractivity contribution in [1.82, 2.24) is 0 Å². The van der Waals surface area contributed by atoms with Crippen molar-refractivity contribution in [1.29, 1.82) is 0 Å². The molecule has 0 saturated heterocycles. The van der Waals surface area contributed by atoms with Crippen LogP contribution in [-0.2, 0) is 0 Å². The monoisotopic (exact) mass is 272 g/mol. The second kappa shape index (κ2) is 11.5. The molecule has 0 fully saturated rings. The Labute approximate surface area is 126 Å². The highest BCUT2D eigenvalue weighted by molar-refractivity contribution is 5.21. The van der Waals surface area contributed by atoms with Crippen LogP contribution in [0.4, 0.5) is 0 Å². The minimum absolute atomic E-state index is 1.15. The first-order valence-electron chi connectivity index (χ1n) is 7.71. The Bertz CT molecular complexity index is 407. The molecule has 0 spiro atoms.